The standard InChI is InChI=1S/C12H18N2O4S/c1-7-6-11(8(2)5-10(7)18-4)19(16,17)14-9(3)12(13)15/h5-6,9,14H,1-4H3,(H2,13,15)/t9-/m1/s1. The molecule has 0 heterocycles. The monoisotopic (exact) mass is 286 g/mol. The van der Waals surface area contributed by atoms with Gasteiger partial charge in [-0.3, -0.25) is 4.79 Å². The number of carbonyl (C=O) groups is 1. The minimum absolute atomic E-state index is 0.110. The van der Waals surface area contributed by atoms with Crippen LogP contribution in [0.3, 0.4) is 0 Å². The zero-order valence-electron chi connectivity index (χ0n) is 11.4. The average molecular weight is 286 g/mol. The Bertz CT molecular complexity index is 596. The van der Waals surface area contributed by atoms with Crippen LogP contribution in [-0.2, 0) is 14.8 Å². The molecule has 0 aliphatic rings. The highest BCUT2D eigenvalue weighted by Crippen LogP contribution is 2.25. The van der Waals surface area contributed by atoms with Gasteiger partial charge in [-0.1, -0.05) is 0 Å². The van der Waals surface area contributed by atoms with Gasteiger partial charge in [0.15, 0.2) is 0 Å². The van der Waals surface area contributed by atoms with Crippen molar-refractivity contribution >= 4 is 15.9 Å². The molecule has 19 heavy (non-hydrogen) atoms. The van der Waals surface area contributed by atoms with Gasteiger partial charge in [-0.15, -0.1) is 0 Å². The normalized spacial score (nSPS) is 13.1. The number of carbonyl (C=O) groups excluding carboxylic acids is 1. The van der Waals surface area contributed by atoms with Crippen LogP contribution in [0, 0.1) is 13.8 Å². The maximum Gasteiger partial charge on any atom is 0.241 e. The fraction of sp³-hybridized carbons (Fsp3) is 0.417. The summed E-state index contributed by atoms with van der Waals surface area (Å²) >= 11 is 0. The molecular weight excluding hydrogens is 268 g/mol. The molecule has 0 aromatic heterocycles. The largest absolute Gasteiger partial charge is 0.496 e. The summed E-state index contributed by atoms with van der Waals surface area (Å²) in [5, 5.41) is 0. The summed E-state index contributed by atoms with van der Waals surface area (Å²) in [6.45, 7) is 4.80. The van der Waals surface area contributed by atoms with Gasteiger partial charge in [0.25, 0.3) is 0 Å². The van der Waals surface area contributed by atoms with Crippen molar-refractivity contribution in [2.24, 2.45) is 5.73 Å². The van der Waals surface area contributed by atoms with E-state index in [0.717, 1.165) is 0 Å². The summed E-state index contributed by atoms with van der Waals surface area (Å²) < 4.78 is 31.7. The summed E-state index contributed by atoms with van der Waals surface area (Å²) in [5.41, 5.74) is 6.28. The van der Waals surface area contributed by atoms with Gasteiger partial charge in [0.2, 0.25) is 15.9 Å². The highest BCUT2D eigenvalue weighted by molar-refractivity contribution is 7.89. The molecule has 0 aliphatic carbocycles. The fourth-order valence-corrected chi connectivity index (χ4v) is 3.15. The molecule has 0 saturated heterocycles. The number of ether oxygens (including phenoxy) is 1. The first-order chi connectivity index (χ1) is 8.69. The maximum atomic E-state index is 12.2. The second kappa shape index (κ2) is 5.58. The first-order valence-corrected chi connectivity index (χ1v) is 7.14. The molecule has 1 aromatic carbocycles. The van der Waals surface area contributed by atoms with Gasteiger partial charge < -0.3 is 10.5 Å². The van der Waals surface area contributed by atoms with E-state index in [4.69, 9.17) is 10.5 Å². The van der Waals surface area contributed by atoms with E-state index >= 15 is 0 Å². The molecule has 1 rings (SSSR count). The summed E-state index contributed by atoms with van der Waals surface area (Å²) in [5.74, 6) is -0.120. The number of nitrogens with two attached hydrogens (primary N) is 1. The molecule has 0 fully saturated rings. The summed E-state index contributed by atoms with van der Waals surface area (Å²) in [6, 6.07) is 2.18. The molecule has 106 valence electrons. The van der Waals surface area contributed by atoms with Crippen molar-refractivity contribution in [3.8, 4) is 5.75 Å². The Labute approximate surface area is 113 Å². The van der Waals surface area contributed by atoms with Crippen molar-refractivity contribution in [1.82, 2.24) is 4.72 Å². The third-order valence-corrected chi connectivity index (χ3v) is 4.42. The zero-order chi connectivity index (χ0) is 14.8. The number of hydrogen-bond acceptors (Lipinski definition) is 4. The lowest BCUT2D eigenvalue weighted by atomic mass is 10.1. The molecule has 6 nitrogen and oxygen atoms in total. The molecular formula is C12H18N2O4S. The quantitative estimate of drug-likeness (QED) is 0.821. The first-order valence-electron chi connectivity index (χ1n) is 5.66. The second-order valence-electron chi connectivity index (χ2n) is 4.33. The van der Waals surface area contributed by atoms with E-state index in [1.165, 1.54) is 20.1 Å². The molecule has 7 heteroatoms. The number of rotatable bonds is 5. The van der Waals surface area contributed by atoms with Crippen LogP contribution in [0.15, 0.2) is 17.0 Å². The molecule has 0 bridgehead atoms. The van der Waals surface area contributed by atoms with E-state index in [1.54, 1.807) is 19.9 Å². The van der Waals surface area contributed by atoms with Crippen LogP contribution >= 0.6 is 0 Å². The Hall–Kier alpha value is -1.60. The number of hydrogen-bond donors (Lipinski definition) is 2. The number of primary amides is 1. The van der Waals surface area contributed by atoms with Gasteiger partial charge in [-0.25, -0.2) is 8.42 Å². The number of aryl methyl sites for hydroxylation is 2. The topological polar surface area (TPSA) is 98.5 Å². The first kappa shape index (κ1) is 15.5. The molecule has 1 aromatic rings. The third kappa shape index (κ3) is 3.45. The van der Waals surface area contributed by atoms with E-state index in [1.807, 2.05) is 0 Å². The third-order valence-electron chi connectivity index (χ3n) is 2.74. The Morgan fingerprint density at radius 3 is 2.37 bits per heavy atom. The Kier molecular flexibility index (Phi) is 4.54. The van der Waals surface area contributed by atoms with Gasteiger partial charge in [0.1, 0.15) is 5.75 Å². The van der Waals surface area contributed by atoms with E-state index in [-0.39, 0.29) is 4.90 Å². The van der Waals surface area contributed by atoms with Gasteiger partial charge in [-0.2, -0.15) is 4.72 Å². The number of nitrogens with one attached hydrogen (secondary N) is 1. The number of methoxy groups -OCH3 is 1. The lowest BCUT2D eigenvalue weighted by Crippen LogP contribution is -2.42. The molecule has 1 amide bonds. The van der Waals surface area contributed by atoms with Crippen molar-refractivity contribution in [2.75, 3.05) is 7.11 Å². The number of benzene rings is 1. The van der Waals surface area contributed by atoms with Crippen LogP contribution < -0.4 is 15.2 Å². The molecule has 0 saturated carbocycles. The molecule has 0 unspecified atom stereocenters. The van der Waals surface area contributed by atoms with Crippen LogP contribution in [0.2, 0.25) is 0 Å². The fourth-order valence-electron chi connectivity index (χ4n) is 1.63. The lowest BCUT2D eigenvalue weighted by molar-refractivity contribution is -0.119. The van der Waals surface area contributed by atoms with Crippen molar-refractivity contribution in [2.45, 2.75) is 31.7 Å². The predicted molar refractivity (Wildman–Crippen MR) is 71.4 cm³/mol. The molecule has 0 radical (unpaired) electrons. The summed E-state index contributed by atoms with van der Waals surface area (Å²) in [4.78, 5) is 11.0. The highest BCUT2D eigenvalue weighted by Gasteiger charge is 2.23. The molecule has 1 atom stereocenters. The molecule has 0 spiro atoms. The van der Waals surface area contributed by atoms with Crippen LogP contribution in [0.1, 0.15) is 18.1 Å². The minimum Gasteiger partial charge on any atom is -0.496 e. The molecule has 0 aliphatic heterocycles. The maximum absolute atomic E-state index is 12.2. The second-order valence-corrected chi connectivity index (χ2v) is 6.02. The van der Waals surface area contributed by atoms with Gasteiger partial charge >= 0.3 is 0 Å². The van der Waals surface area contributed by atoms with Gasteiger partial charge in [-0.05, 0) is 44.0 Å². The van der Waals surface area contributed by atoms with Crippen molar-refractivity contribution in [3.63, 3.8) is 0 Å². The van der Waals surface area contributed by atoms with Crippen LogP contribution in [0.4, 0.5) is 0 Å². The smallest absolute Gasteiger partial charge is 0.241 e. The van der Waals surface area contributed by atoms with E-state index in [9.17, 15) is 13.2 Å². The lowest BCUT2D eigenvalue weighted by Gasteiger charge is -2.15. The van der Waals surface area contributed by atoms with E-state index in [2.05, 4.69) is 4.72 Å². The van der Waals surface area contributed by atoms with Crippen molar-refractivity contribution in [3.05, 3.63) is 23.3 Å². The van der Waals surface area contributed by atoms with Crippen LogP contribution in [0.5, 0.6) is 5.75 Å². The Balaban J connectivity index is 3.22. The van der Waals surface area contributed by atoms with Gasteiger partial charge in [0.05, 0.1) is 18.0 Å². The minimum atomic E-state index is -3.79. The van der Waals surface area contributed by atoms with E-state index in [0.29, 0.717) is 16.9 Å². The predicted octanol–water partition coefficient (Wildman–Crippen LogP) is 0.464. The summed E-state index contributed by atoms with van der Waals surface area (Å²) in [7, 11) is -2.27. The average Bonchev–Trinajstić information content (AvgIpc) is 2.30. The zero-order valence-corrected chi connectivity index (χ0v) is 12.2. The van der Waals surface area contributed by atoms with Crippen LogP contribution in [-0.4, -0.2) is 27.5 Å². The van der Waals surface area contributed by atoms with Crippen molar-refractivity contribution < 1.29 is 17.9 Å². The van der Waals surface area contributed by atoms with Gasteiger partial charge in [0, 0.05) is 0 Å². The van der Waals surface area contributed by atoms with Crippen molar-refractivity contribution in [1.29, 1.82) is 0 Å². The van der Waals surface area contributed by atoms with Crippen LogP contribution in [0.25, 0.3) is 0 Å². The Morgan fingerprint density at radius 1 is 1.32 bits per heavy atom. The number of amides is 1. The highest BCUT2D eigenvalue weighted by atomic mass is 32.2. The van der Waals surface area contributed by atoms with E-state index < -0.39 is 22.0 Å². The SMILES string of the molecule is COc1cc(C)c(S(=O)(=O)N[C@H](C)C(N)=O)cc1C. The Morgan fingerprint density at radius 2 is 1.89 bits per heavy atom. The number of sulfonamides is 1. The summed E-state index contributed by atoms with van der Waals surface area (Å²) in [6.07, 6.45) is 0. The molecule has 3 N–H and O–H groups in total.